The van der Waals surface area contributed by atoms with Crippen LogP contribution in [0.25, 0.3) is 0 Å². The molecule has 0 N–H and O–H groups in total. The van der Waals surface area contributed by atoms with Crippen LogP contribution >= 0.6 is 0 Å². The normalized spacial score (nSPS) is 18.1. The number of hydrogen-bond donors (Lipinski definition) is 0. The molecule has 6 rings (SSSR count). The van der Waals surface area contributed by atoms with E-state index in [1.165, 1.54) is 91.4 Å². The van der Waals surface area contributed by atoms with Crippen LogP contribution in [0.2, 0.25) is 0 Å². The van der Waals surface area contributed by atoms with Crippen molar-refractivity contribution < 1.29 is 116 Å². The molecule has 684 valence electrons. The first-order valence-electron chi connectivity index (χ1n) is 37.8. The van der Waals surface area contributed by atoms with E-state index in [9.17, 15) is 59.5 Å². The third kappa shape index (κ3) is 54.9. The fourth-order valence-corrected chi connectivity index (χ4v) is 11.0. The minimum absolute atomic E-state index is 0. The van der Waals surface area contributed by atoms with E-state index in [1.54, 1.807) is 6.92 Å². The highest BCUT2D eigenvalue weighted by molar-refractivity contribution is 5.79. The maximum absolute atomic E-state index is 13.4. The van der Waals surface area contributed by atoms with E-state index in [-0.39, 0.29) is 190 Å². The Morgan fingerprint density at radius 3 is 0.652 bits per heavy atom. The van der Waals surface area contributed by atoms with Gasteiger partial charge in [-0.05, 0) is 150 Å². The smallest absolute Gasteiger partial charge is 0.404 e. The molecule has 5 unspecified atom stereocenters. The maximum atomic E-state index is 13.4. The van der Waals surface area contributed by atoms with Crippen LogP contribution < -0.4 is 0 Å². The van der Waals surface area contributed by atoms with Gasteiger partial charge >= 0.3 is 48.2 Å². The van der Waals surface area contributed by atoms with E-state index >= 15 is 0 Å². The summed E-state index contributed by atoms with van der Waals surface area (Å²) >= 11 is 0. The SMILES string of the molecule is C.C.C.C.C.C.C.C.C.C.C.C.CCC(C)(C(=O)OCOC1CCCC1)C(F)(F)F.CCC(C)(C(=O)OCOC1CCCCC1)C(F)(F)F.CCC(C)(C)C(=O)OCOC1CCCCCC1.CCC(C)(F)C(=O)OCOC1CCCCC1.CCC(C)C(=O)OCOC1CCCC1.CCC(C)C(=O)OCOC1CCCCCC1. The van der Waals surface area contributed by atoms with Crippen molar-refractivity contribution in [2.45, 2.75) is 465 Å². The molecule has 5 atom stereocenters. The van der Waals surface area contributed by atoms with E-state index in [0.717, 1.165) is 155 Å². The summed E-state index contributed by atoms with van der Waals surface area (Å²) in [6.45, 7) is 20.2. The van der Waals surface area contributed by atoms with Crippen molar-refractivity contribution in [1.29, 1.82) is 0 Å². The van der Waals surface area contributed by atoms with E-state index in [2.05, 4.69) is 9.47 Å². The van der Waals surface area contributed by atoms with Crippen molar-refractivity contribution in [3.05, 3.63) is 0 Å². The van der Waals surface area contributed by atoms with Gasteiger partial charge in [0.25, 0.3) is 0 Å². The summed E-state index contributed by atoms with van der Waals surface area (Å²) in [5.74, 6) is -3.84. The molecule has 0 aromatic carbocycles. The molecule has 18 nitrogen and oxygen atoms in total. The standard InChI is InChI=1S/C14H26O3.C13H21F3O3.C13H24O3.C12H19F3O3.C12H21FO3.C11H20O3.12CH4/c1-4-14(2,3)13(15)17-11-16-12-9-7-5-6-8-10-12;1-3-12(2,13(14,15)16)11(17)19-9-18-10-7-5-4-6-8-10;1-3-11(2)13(14)16-10-15-12-8-6-4-5-7-9-12;1-3-11(2,12(13,14)15)10(16)18-8-17-9-6-4-5-7-9;1-3-12(2,13)11(14)16-9-15-10-7-5-4-6-8-10;1-3-9(2)11(12)14-8-13-10-6-4-5-7-10;;;;;;;;;;;;/h12H,4-11H2,1-3H3;10H,3-9H2,1-2H3;11-12H,3-10H2,1-2H3;9H,3-8H2,1-2H3;10H,3-9H2,1-2H3;9-10H,3-8H2,1-2H3;12*1H4. The molecule has 0 saturated heterocycles. The molecule has 6 fully saturated rings. The molecule has 6 aliphatic rings. The van der Waals surface area contributed by atoms with Gasteiger partial charge in [-0.2, -0.15) is 26.3 Å². The second kappa shape index (κ2) is 73.5. The lowest BCUT2D eigenvalue weighted by Crippen LogP contribution is -2.43. The fourth-order valence-electron chi connectivity index (χ4n) is 11.0. The van der Waals surface area contributed by atoms with Crippen molar-refractivity contribution in [2.24, 2.45) is 28.1 Å². The Morgan fingerprint density at radius 1 is 0.277 bits per heavy atom. The van der Waals surface area contributed by atoms with Gasteiger partial charge in [-0.1, -0.05) is 260 Å². The quantitative estimate of drug-likeness (QED) is 0.0215. The second-order valence-electron chi connectivity index (χ2n) is 28.7. The van der Waals surface area contributed by atoms with Gasteiger partial charge in [0.15, 0.2) is 51.6 Å². The van der Waals surface area contributed by atoms with E-state index in [4.69, 9.17) is 47.4 Å². The Bertz CT molecular complexity index is 2180. The van der Waals surface area contributed by atoms with E-state index < -0.39 is 65.8 Å². The molecule has 0 amide bonds. The Labute approximate surface area is 683 Å². The number of hydrogen-bond acceptors (Lipinski definition) is 18. The molecular formula is C87H179F7O18. The first-order valence-corrected chi connectivity index (χ1v) is 37.8. The summed E-state index contributed by atoms with van der Waals surface area (Å²) in [6, 6.07) is 0. The highest BCUT2D eigenvalue weighted by Gasteiger charge is 2.57. The number of alkyl halides is 7. The number of rotatable bonds is 30. The maximum Gasteiger partial charge on any atom is 0.404 e. The number of esters is 6. The van der Waals surface area contributed by atoms with Crippen molar-refractivity contribution >= 4 is 35.8 Å². The van der Waals surface area contributed by atoms with E-state index in [1.807, 2.05) is 48.5 Å². The Morgan fingerprint density at radius 2 is 0.464 bits per heavy atom. The molecule has 0 aromatic rings. The van der Waals surface area contributed by atoms with Crippen LogP contribution in [0.1, 0.15) is 410 Å². The molecule has 0 aliphatic heterocycles. The summed E-state index contributed by atoms with van der Waals surface area (Å²) in [6.07, 6.45) is 27.5. The van der Waals surface area contributed by atoms with Gasteiger partial charge in [0.2, 0.25) is 5.67 Å². The van der Waals surface area contributed by atoms with Gasteiger partial charge in [-0.25, -0.2) is 9.18 Å². The van der Waals surface area contributed by atoms with E-state index in [0.29, 0.717) is 12.2 Å². The van der Waals surface area contributed by atoms with Gasteiger partial charge in [0.1, 0.15) is 0 Å². The van der Waals surface area contributed by atoms with Crippen molar-refractivity contribution in [1.82, 2.24) is 0 Å². The molecule has 0 heterocycles. The average molecular weight is 1650 g/mol. The number of carbonyl (C=O) groups excluding carboxylic acids is 6. The number of ether oxygens (including phenoxy) is 12. The Balaban J connectivity index is -0.000000105. The fraction of sp³-hybridized carbons (Fsp3) is 0.931. The monoisotopic (exact) mass is 1650 g/mol. The van der Waals surface area contributed by atoms with Gasteiger partial charge < -0.3 is 56.8 Å². The van der Waals surface area contributed by atoms with Crippen LogP contribution in [0.3, 0.4) is 0 Å². The zero-order chi connectivity index (χ0) is 75.3. The number of halogens is 7. The lowest BCUT2D eigenvalue weighted by Gasteiger charge is -2.29. The molecule has 0 spiro atoms. The van der Waals surface area contributed by atoms with Crippen LogP contribution in [0.15, 0.2) is 0 Å². The van der Waals surface area contributed by atoms with Gasteiger partial charge in [0, 0.05) is 0 Å². The lowest BCUT2D eigenvalue weighted by molar-refractivity contribution is -0.238. The molecule has 0 aromatic heterocycles. The summed E-state index contributed by atoms with van der Waals surface area (Å²) in [5, 5.41) is 0. The highest BCUT2D eigenvalue weighted by Crippen LogP contribution is 2.43. The van der Waals surface area contributed by atoms with Crippen molar-refractivity contribution in [3.8, 4) is 0 Å². The minimum atomic E-state index is -4.61. The number of carbonyl (C=O) groups is 6. The van der Waals surface area contributed by atoms with Gasteiger partial charge in [-0.3, -0.25) is 24.0 Å². The first kappa shape index (κ1) is 134. The third-order valence-electron chi connectivity index (χ3n) is 20.4. The summed E-state index contributed by atoms with van der Waals surface area (Å²) in [5.41, 5.74) is -7.20. The Kier molecular flexibility index (Phi) is 88.1. The predicted octanol–water partition coefficient (Wildman–Crippen LogP) is 27.3. The molecule has 25 heteroatoms. The molecule has 6 aliphatic carbocycles. The van der Waals surface area contributed by atoms with Crippen LogP contribution in [-0.2, 0) is 85.6 Å². The summed E-state index contributed by atoms with van der Waals surface area (Å²) in [4.78, 5) is 68.6. The zero-order valence-electron chi connectivity index (χ0n) is 63.3. The molecule has 0 radical (unpaired) electrons. The first-order chi connectivity index (χ1) is 47.2. The van der Waals surface area contributed by atoms with Crippen molar-refractivity contribution in [3.63, 3.8) is 0 Å². The third-order valence-corrected chi connectivity index (χ3v) is 20.4. The minimum Gasteiger partial charge on any atom is -0.438 e. The highest BCUT2D eigenvalue weighted by atomic mass is 19.4. The van der Waals surface area contributed by atoms with Crippen LogP contribution in [0.5, 0.6) is 0 Å². The molecule has 112 heavy (non-hydrogen) atoms. The van der Waals surface area contributed by atoms with Crippen molar-refractivity contribution in [2.75, 3.05) is 40.8 Å². The second-order valence-corrected chi connectivity index (χ2v) is 28.7. The lowest BCUT2D eigenvalue weighted by atomic mass is 9.87. The topological polar surface area (TPSA) is 213 Å². The summed E-state index contributed by atoms with van der Waals surface area (Å²) in [7, 11) is 0. The predicted molar refractivity (Wildman–Crippen MR) is 446 cm³/mol. The summed E-state index contributed by atoms with van der Waals surface area (Å²) < 4.78 is 152. The van der Waals surface area contributed by atoms with Crippen LogP contribution in [0, 0.1) is 28.1 Å². The van der Waals surface area contributed by atoms with Gasteiger partial charge in [0.05, 0.1) is 53.9 Å². The zero-order valence-corrected chi connectivity index (χ0v) is 63.3. The Hall–Kier alpha value is -3.91. The van der Waals surface area contributed by atoms with Crippen LogP contribution in [0.4, 0.5) is 30.7 Å². The average Bonchev–Trinajstić information content (AvgIpc) is 1.16. The molecule has 6 saturated carbocycles. The van der Waals surface area contributed by atoms with Crippen LogP contribution in [-0.4, -0.2) is 131 Å². The molecule has 0 bridgehead atoms. The largest absolute Gasteiger partial charge is 0.438 e. The van der Waals surface area contributed by atoms with Gasteiger partial charge in [-0.15, -0.1) is 0 Å². The molecular weight excluding hydrogens is 1470 g/mol.